The normalized spacial score (nSPS) is 23.1. The lowest BCUT2D eigenvalue weighted by molar-refractivity contribution is 0.0898. The van der Waals surface area contributed by atoms with Crippen LogP contribution in [0.3, 0.4) is 0 Å². The number of hydrogen-bond donors (Lipinski definition) is 1. The fourth-order valence-corrected chi connectivity index (χ4v) is 3.38. The first-order valence-electron chi connectivity index (χ1n) is 6.42. The maximum absolute atomic E-state index is 6.16. The van der Waals surface area contributed by atoms with Gasteiger partial charge in [0.25, 0.3) is 0 Å². The fraction of sp³-hybridized carbons (Fsp3) is 0.769. The van der Waals surface area contributed by atoms with Crippen molar-refractivity contribution in [1.82, 2.24) is 9.88 Å². The minimum atomic E-state index is 0. The highest BCUT2D eigenvalue weighted by atomic mass is 35.5. The van der Waals surface area contributed by atoms with Gasteiger partial charge >= 0.3 is 0 Å². The average Bonchev–Trinajstić information content (AvgIpc) is 2.71. The zero-order chi connectivity index (χ0) is 13.2. The Kier molecular flexibility index (Phi) is 6.20. The van der Waals surface area contributed by atoms with E-state index in [4.69, 9.17) is 10.5 Å². The standard InChI is InChI=1S/C13H23N3OS.ClH/c1-13(2)9-16(5-4-11(13)14)7-12-15-6-10(18-12)8-17-3;/h6,11H,4-5,7-9,14H2,1-3H3;1H. The van der Waals surface area contributed by atoms with Gasteiger partial charge in [-0.2, -0.15) is 0 Å². The summed E-state index contributed by atoms with van der Waals surface area (Å²) in [4.78, 5) is 8.11. The molecular formula is C13H24ClN3OS. The highest BCUT2D eigenvalue weighted by Crippen LogP contribution is 2.29. The number of hydrogen-bond acceptors (Lipinski definition) is 5. The van der Waals surface area contributed by atoms with E-state index in [1.165, 1.54) is 9.88 Å². The number of methoxy groups -OCH3 is 1. The van der Waals surface area contributed by atoms with E-state index in [1.54, 1.807) is 18.4 Å². The lowest BCUT2D eigenvalue weighted by Crippen LogP contribution is -2.52. The molecule has 2 rings (SSSR count). The maximum atomic E-state index is 6.16. The van der Waals surface area contributed by atoms with Crippen LogP contribution in [0.15, 0.2) is 6.20 Å². The lowest BCUT2D eigenvalue weighted by Gasteiger charge is -2.42. The first kappa shape index (κ1) is 16.9. The van der Waals surface area contributed by atoms with Gasteiger partial charge in [0.15, 0.2) is 0 Å². The second-order valence-electron chi connectivity index (χ2n) is 5.75. The number of likely N-dealkylation sites (tertiary alicyclic amines) is 1. The predicted octanol–water partition coefficient (Wildman–Crippen LogP) is 2.27. The molecule has 1 fully saturated rings. The highest BCUT2D eigenvalue weighted by Gasteiger charge is 2.33. The summed E-state index contributed by atoms with van der Waals surface area (Å²) in [6, 6.07) is 0.314. The minimum Gasteiger partial charge on any atom is -0.379 e. The third kappa shape index (κ3) is 4.39. The summed E-state index contributed by atoms with van der Waals surface area (Å²) >= 11 is 1.74. The number of rotatable bonds is 4. The molecule has 4 nitrogen and oxygen atoms in total. The SMILES string of the molecule is COCc1cnc(CN2CCC(N)C(C)(C)C2)s1.Cl. The molecule has 110 valence electrons. The van der Waals surface area contributed by atoms with Crippen molar-refractivity contribution in [2.75, 3.05) is 20.2 Å². The van der Waals surface area contributed by atoms with Gasteiger partial charge in [0.2, 0.25) is 0 Å². The van der Waals surface area contributed by atoms with Crippen molar-refractivity contribution in [2.45, 2.75) is 39.5 Å². The molecule has 0 amide bonds. The zero-order valence-corrected chi connectivity index (χ0v) is 13.5. The van der Waals surface area contributed by atoms with Crippen molar-refractivity contribution in [1.29, 1.82) is 0 Å². The number of thiazole rings is 1. The van der Waals surface area contributed by atoms with Crippen LogP contribution < -0.4 is 5.73 Å². The summed E-state index contributed by atoms with van der Waals surface area (Å²) < 4.78 is 5.12. The second-order valence-corrected chi connectivity index (χ2v) is 6.95. The summed E-state index contributed by atoms with van der Waals surface area (Å²) in [6.07, 6.45) is 2.99. The van der Waals surface area contributed by atoms with Crippen molar-refractivity contribution in [3.8, 4) is 0 Å². The summed E-state index contributed by atoms with van der Waals surface area (Å²) in [7, 11) is 1.72. The first-order valence-corrected chi connectivity index (χ1v) is 7.23. The van der Waals surface area contributed by atoms with Crippen molar-refractivity contribution >= 4 is 23.7 Å². The van der Waals surface area contributed by atoms with Gasteiger partial charge in [0.1, 0.15) is 5.01 Å². The average molecular weight is 306 g/mol. The van der Waals surface area contributed by atoms with E-state index in [-0.39, 0.29) is 17.8 Å². The number of ether oxygens (including phenoxy) is 1. The molecule has 6 heteroatoms. The number of halogens is 1. The van der Waals surface area contributed by atoms with E-state index < -0.39 is 0 Å². The van der Waals surface area contributed by atoms with Gasteiger partial charge in [0, 0.05) is 32.4 Å². The van der Waals surface area contributed by atoms with Gasteiger partial charge in [-0.25, -0.2) is 4.98 Å². The van der Waals surface area contributed by atoms with E-state index in [9.17, 15) is 0 Å². The number of nitrogens with two attached hydrogens (primary N) is 1. The molecule has 0 aliphatic carbocycles. The Morgan fingerprint density at radius 1 is 1.58 bits per heavy atom. The summed E-state index contributed by atoms with van der Waals surface area (Å²) in [6.45, 7) is 8.22. The largest absolute Gasteiger partial charge is 0.379 e. The fourth-order valence-electron chi connectivity index (χ4n) is 2.44. The second kappa shape index (κ2) is 6.99. The third-order valence-corrected chi connectivity index (χ3v) is 4.59. The van der Waals surface area contributed by atoms with Crippen LogP contribution in [0.4, 0.5) is 0 Å². The van der Waals surface area contributed by atoms with Crippen molar-refractivity contribution < 1.29 is 4.74 Å². The number of aromatic nitrogens is 1. The Morgan fingerprint density at radius 3 is 2.95 bits per heavy atom. The molecule has 1 aliphatic heterocycles. The Bertz CT molecular complexity index is 397. The lowest BCUT2D eigenvalue weighted by atomic mass is 9.80. The Labute approximate surface area is 125 Å². The van der Waals surface area contributed by atoms with Crippen molar-refractivity contribution in [2.24, 2.45) is 11.1 Å². The third-order valence-electron chi connectivity index (χ3n) is 3.64. The van der Waals surface area contributed by atoms with Gasteiger partial charge in [-0.3, -0.25) is 4.90 Å². The summed E-state index contributed by atoms with van der Waals surface area (Å²) in [5, 5.41) is 1.17. The van der Waals surface area contributed by atoms with Gasteiger partial charge in [-0.1, -0.05) is 13.8 Å². The Hall–Kier alpha value is -0.200. The molecule has 1 aromatic heterocycles. The van der Waals surface area contributed by atoms with Crippen LogP contribution in [0, 0.1) is 5.41 Å². The van der Waals surface area contributed by atoms with Crippen LogP contribution in [0.1, 0.15) is 30.2 Å². The van der Waals surface area contributed by atoms with Crippen molar-refractivity contribution in [3.63, 3.8) is 0 Å². The first-order chi connectivity index (χ1) is 8.51. The van der Waals surface area contributed by atoms with Gasteiger partial charge in [-0.05, 0) is 11.8 Å². The molecule has 19 heavy (non-hydrogen) atoms. The Balaban J connectivity index is 0.00000180. The molecule has 0 bridgehead atoms. The topological polar surface area (TPSA) is 51.4 Å². The van der Waals surface area contributed by atoms with Gasteiger partial charge in [0.05, 0.1) is 18.0 Å². The number of piperidine rings is 1. The van der Waals surface area contributed by atoms with Crippen LogP contribution >= 0.6 is 23.7 Å². The predicted molar refractivity (Wildman–Crippen MR) is 81.7 cm³/mol. The van der Waals surface area contributed by atoms with E-state index in [0.29, 0.717) is 12.6 Å². The molecule has 1 aliphatic rings. The molecule has 1 saturated heterocycles. The Morgan fingerprint density at radius 2 is 2.32 bits per heavy atom. The van der Waals surface area contributed by atoms with Crippen LogP contribution in [0.2, 0.25) is 0 Å². The van der Waals surface area contributed by atoms with Gasteiger partial charge < -0.3 is 10.5 Å². The summed E-state index contributed by atoms with van der Waals surface area (Å²) in [5.41, 5.74) is 6.35. The van der Waals surface area contributed by atoms with E-state index in [2.05, 4.69) is 23.7 Å². The smallest absolute Gasteiger partial charge is 0.107 e. The molecule has 1 unspecified atom stereocenters. The van der Waals surface area contributed by atoms with Crippen LogP contribution in [-0.2, 0) is 17.9 Å². The van der Waals surface area contributed by atoms with Crippen LogP contribution in [-0.4, -0.2) is 36.1 Å². The van der Waals surface area contributed by atoms with Crippen LogP contribution in [0.25, 0.3) is 0 Å². The van der Waals surface area contributed by atoms with Gasteiger partial charge in [-0.15, -0.1) is 23.7 Å². The minimum absolute atomic E-state index is 0. The molecule has 0 aromatic carbocycles. The monoisotopic (exact) mass is 305 g/mol. The van der Waals surface area contributed by atoms with Crippen molar-refractivity contribution in [3.05, 3.63) is 16.1 Å². The molecule has 0 spiro atoms. The number of nitrogens with zero attached hydrogens (tertiary/aromatic N) is 2. The maximum Gasteiger partial charge on any atom is 0.107 e. The molecule has 1 atom stereocenters. The molecule has 2 N–H and O–H groups in total. The van der Waals surface area contributed by atoms with E-state index in [1.807, 2.05) is 6.20 Å². The summed E-state index contributed by atoms with van der Waals surface area (Å²) in [5.74, 6) is 0. The molecule has 0 radical (unpaired) electrons. The molecule has 2 heterocycles. The van der Waals surface area contributed by atoms with E-state index in [0.717, 1.165) is 26.1 Å². The van der Waals surface area contributed by atoms with Crippen LogP contribution in [0.5, 0.6) is 0 Å². The molecular weight excluding hydrogens is 282 g/mol. The molecule has 1 aromatic rings. The molecule has 0 saturated carbocycles. The quantitative estimate of drug-likeness (QED) is 0.927. The zero-order valence-electron chi connectivity index (χ0n) is 11.9. The van der Waals surface area contributed by atoms with E-state index >= 15 is 0 Å². The highest BCUT2D eigenvalue weighted by molar-refractivity contribution is 7.11.